The topological polar surface area (TPSA) is 80.3 Å². The second-order valence-corrected chi connectivity index (χ2v) is 6.48. The van der Waals surface area contributed by atoms with E-state index in [-0.39, 0.29) is 18.4 Å². The van der Waals surface area contributed by atoms with E-state index < -0.39 is 0 Å². The number of hydrogen-bond donors (Lipinski definition) is 2. The first-order chi connectivity index (χ1) is 12.7. The van der Waals surface area contributed by atoms with Crippen LogP contribution in [0.5, 0.6) is 5.88 Å². The zero-order valence-corrected chi connectivity index (χ0v) is 13.8. The summed E-state index contributed by atoms with van der Waals surface area (Å²) in [6, 6.07) is 11.8. The molecule has 2 aromatic carbocycles. The Balaban J connectivity index is 1.49. The van der Waals surface area contributed by atoms with Gasteiger partial charge >= 0.3 is 0 Å². The molecule has 0 spiro atoms. The van der Waals surface area contributed by atoms with E-state index in [0.29, 0.717) is 17.1 Å². The number of anilines is 2. The van der Waals surface area contributed by atoms with Crippen molar-refractivity contribution in [3.05, 3.63) is 59.3 Å². The van der Waals surface area contributed by atoms with Gasteiger partial charge in [-0.2, -0.15) is 0 Å². The quantitative estimate of drug-likeness (QED) is 0.748. The first kappa shape index (κ1) is 14.9. The fourth-order valence-electron chi connectivity index (χ4n) is 3.65. The van der Waals surface area contributed by atoms with Crippen molar-refractivity contribution in [2.75, 3.05) is 17.2 Å². The lowest BCUT2D eigenvalue weighted by atomic mass is 10.0. The predicted molar refractivity (Wildman–Crippen MR) is 97.7 cm³/mol. The third-order valence-electron chi connectivity index (χ3n) is 4.85. The van der Waals surface area contributed by atoms with E-state index in [9.17, 15) is 9.59 Å². The van der Waals surface area contributed by atoms with Crippen LogP contribution in [0.4, 0.5) is 11.4 Å². The van der Waals surface area contributed by atoms with E-state index in [2.05, 4.69) is 27.8 Å². The van der Waals surface area contributed by atoms with Gasteiger partial charge in [-0.05, 0) is 41.5 Å². The zero-order valence-electron chi connectivity index (χ0n) is 13.8. The number of nitrogens with zero attached hydrogens (tertiary/aromatic N) is 1. The summed E-state index contributed by atoms with van der Waals surface area (Å²) in [7, 11) is 0. The van der Waals surface area contributed by atoms with Crippen LogP contribution >= 0.6 is 0 Å². The number of ether oxygens (including phenoxy) is 1. The van der Waals surface area contributed by atoms with Gasteiger partial charge in [-0.1, -0.05) is 24.3 Å². The van der Waals surface area contributed by atoms with E-state index in [4.69, 9.17) is 4.74 Å². The summed E-state index contributed by atoms with van der Waals surface area (Å²) in [4.78, 5) is 28.3. The number of carbonyl (C=O) groups is 2. The first-order valence-electron chi connectivity index (χ1n) is 8.46. The molecule has 0 fully saturated rings. The Kier molecular flexibility index (Phi) is 3.18. The van der Waals surface area contributed by atoms with Gasteiger partial charge in [0, 0.05) is 17.3 Å². The summed E-state index contributed by atoms with van der Waals surface area (Å²) in [5.74, 6) is -0.213. The van der Waals surface area contributed by atoms with Crippen molar-refractivity contribution in [3.63, 3.8) is 0 Å². The Hall–Kier alpha value is -3.41. The fraction of sp³-hybridized carbons (Fsp3) is 0.150. The lowest BCUT2D eigenvalue weighted by Gasteiger charge is -2.17. The number of benzene rings is 2. The van der Waals surface area contributed by atoms with Gasteiger partial charge < -0.3 is 15.4 Å². The summed E-state index contributed by atoms with van der Waals surface area (Å²) < 4.78 is 5.22. The molecule has 0 saturated heterocycles. The van der Waals surface area contributed by atoms with Gasteiger partial charge in [-0.3, -0.25) is 9.59 Å². The molecule has 0 atom stereocenters. The molecule has 1 aliphatic heterocycles. The lowest BCUT2D eigenvalue weighted by molar-refractivity contribution is -0.118. The van der Waals surface area contributed by atoms with Crippen molar-refractivity contribution in [2.45, 2.75) is 12.8 Å². The maximum absolute atomic E-state index is 12.7. The molecule has 5 rings (SSSR count). The van der Waals surface area contributed by atoms with Gasteiger partial charge in [0.2, 0.25) is 5.88 Å². The van der Waals surface area contributed by atoms with Crippen LogP contribution in [0, 0.1) is 0 Å². The second kappa shape index (κ2) is 5.56. The molecule has 0 bridgehead atoms. The molecule has 6 nitrogen and oxygen atoms in total. The van der Waals surface area contributed by atoms with E-state index in [0.717, 1.165) is 23.9 Å². The van der Waals surface area contributed by atoms with Crippen LogP contribution in [0.2, 0.25) is 0 Å². The Bertz CT molecular complexity index is 1080. The molecule has 2 N–H and O–H groups in total. The summed E-state index contributed by atoms with van der Waals surface area (Å²) in [6.45, 7) is -0.0633. The van der Waals surface area contributed by atoms with Crippen LogP contribution < -0.4 is 15.4 Å². The average molecular weight is 345 g/mol. The summed E-state index contributed by atoms with van der Waals surface area (Å²) in [5.41, 5.74) is 4.19. The number of amides is 2. The number of fused-ring (bicyclic) bond motifs is 1. The highest BCUT2D eigenvalue weighted by Gasteiger charge is 2.20. The zero-order chi connectivity index (χ0) is 17.7. The molecule has 26 heavy (non-hydrogen) atoms. The van der Waals surface area contributed by atoms with Crippen molar-refractivity contribution in [2.24, 2.45) is 0 Å². The predicted octanol–water partition coefficient (Wildman–Crippen LogP) is 2.92. The molecule has 128 valence electrons. The molecule has 1 aromatic heterocycles. The summed E-state index contributed by atoms with van der Waals surface area (Å²) >= 11 is 0. The normalized spacial score (nSPS) is 14.5. The second-order valence-electron chi connectivity index (χ2n) is 6.48. The van der Waals surface area contributed by atoms with Crippen LogP contribution in [-0.2, 0) is 17.6 Å². The van der Waals surface area contributed by atoms with Crippen LogP contribution in [-0.4, -0.2) is 23.4 Å². The van der Waals surface area contributed by atoms with Gasteiger partial charge in [-0.25, -0.2) is 4.98 Å². The van der Waals surface area contributed by atoms with Gasteiger partial charge in [0.25, 0.3) is 11.8 Å². The first-order valence-corrected chi connectivity index (χ1v) is 8.46. The van der Waals surface area contributed by atoms with Gasteiger partial charge in [0.1, 0.15) is 5.69 Å². The highest BCUT2D eigenvalue weighted by molar-refractivity contribution is 6.11. The molecule has 3 aromatic rings. The minimum atomic E-state index is -0.279. The molecule has 2 heterocycles. The van der Waals surface area contributed by atoms with Gasteiger partial charge in [0.15, 0.2) is 6.61 Å². The monoisotopic (exact) mass is 345 g/mol. The molecule has 1 aliphatic carbocycles. The minimum Gasteiger partial charge on any atom is -0.466 e. The van der Waals surface area contributed by atoms with Crippen LogP contribution in [0.1, 0.15) is 21.5 Å². The maximum Gasteiger partial charge on any atom is 0.262 e. The Morgan fingerprint density at radius 2 is 2.00 bits per heavy atom. The Labute approximate surface area is 149 Å². The average Bonchev–Trinajstić information content (AvgIpc) is 3.08. The van der Waals surface area contributed by atoms with Crippen LogP contribution in [0.25, 0.3) is 10.8 Å². The molecular formula is C20H15N3O3. The van der Waals surface area contributed by atoms with Crippen LogP contribution in [0.15, 0.2) is 42.6 Å². The third-order valence-corrected chi connectivity index (χ3v) is 4.85. The van der Waals surface area contributed by atoms with Crippen LogP contribution in [0.3, 0.4) is 0 Å². The molecule has 0 radical (unpaired) electrons. The van der Waals surface area contributed by atoms with Gasteiger partial charge in [-0.15, -0.1) is 0 Å². The highest BCUT2D eigenvalue weighted by Crippen LogP contribution is 2.35. The van der Waals surface area contributed by atoms with Crippen molar-refractivity contribution in [1.29, 1.82) is 0 Å². The van der Waals surface area contributed by atoms with Gasteiger partial charge in [0.05, 0.1) is 5.56 Å². The van der Waals surface area contributed by atoms with Crippen molar-refractivity contribution in [1.82, 2.24) is 4.98 Å². The van der Waals surface area contributed by atoms with E-state index in [1.54, 1.807) is 6.07 Å². The smallest absolute Gasteiger partial charge is 0.262 e. The standard InChI is InChI=1S/C20H15N3O3/c24-17-10-26-20-16(22-17)8-13(9-21-20)19(25)23-15-7-6-12-5-4-11-2-1-3-14(15)18(11)12/h1-3,6-9H,4-5,10H2,(H,22,24)(H,23,25). The maximum atomic E-state index is 12.7. The lowest BCUT2D eigenvalue weighted by Crippen LogP contribution is -2.26. The number of hydrogen-bond acceptors (Lipinski definition) is 4. The molecule has 2 amide bonds. The van der Waals surface area contributed by atoms with E-state index >= 15 is 0 Å². The number of rotatable bonds is 2. The van der Waals surface area contributed by atoms with E-state index in [1.165, 1.54) is 22.7 Å². The molecular weight excluding hydrogens is 330 g/mol. The van der Waals surface area contributed by atoms with Crippen molar-refractivity contribution < 1.29 is 14.3 Å². The summed E-state index contributed by atoms with van der Waals surface area (Å²) in [5, 5.41) is 7.93. The molecule has 6 heteroatoms. The summed E-state index contributed by atoms with van der Waals surface area (Å²) in [6.07, 6.45) is 3.53. The number of aryl methyl sites for hydroxylation is 2. The molecule has 2 aliphatic rings. The molecule has 0 unspecified atom stereocenters. The number of carbonyl (C=O) groups excluding carboxylic acids is 2. The highest BCUT2D eigenvalue weighted by atomic mass is 16.5. The molecule has 0 saturated carbocycles. The van der Waals surface area contributed by atoms with E-state index in [1.807, 2.05) is 18.2 Å². The number of aromatic nitrogens is 1. The Morgan fingerprint density at radius 1 is 1.15 bits per heavy atom. The van der Waals surface area contributed by atoms with Crippen molar-refractivity contribution >= 4 is 34.0 Å². The largest absolute Gasteiger partial charge is 0.466 e. The number of pyridine rings is 1. The Morgan fingerprint density at radius 3 is 2.88 bits per heavy atom. The minimum absolute atomic E-state index is 0.0633. The van der Waals surface area contributed by atoms with Crippen molar-refractivity contribution in [3.8, 4) is 5.88 Å². The fourth-order valence-corrected chi connectivity index (χ4v) is 3.65. The SMILES string of the molecule is O=C1COc2ncc(C(=O)Nc3ccc4c5c(cccc35)CC4)cc2N1. The number of nitrogens with one attached hydrogen (secondary N) is 2. The third kappa shape index (κ3) is 2.30.